The minimum Gasteiger partial charge on any atom is -0.368 e. The number of carbonyl (C=O) groups excluding carboxylic acids is 2. The molecule has 2 N–H and O–H groups in total. The average molecular weight is 188 g/mol. The minimum absolute atomic E-state index is 0.0309. The van der Waals surface area contributed by atoms with Gasteiger partial charge in [0, 0.05) is 13.5 Å². The molecule has 0 radical (unpaired) electrons. The van der Waals surface area contributed by atoms with Crippen LogP contribution in [0.2, 0.25) is 0 Å². The molecule has 0 fully saturated rings. The van der Waals surface area contributed by atoms with Gasteiger partial charge in [-0.15, -0.1) is 0 Å². The Morgan fingerprint density at radius 2 is 1.77 bits per heavy atom. The lowest BCUT2D eigenvalue weighted by molar-refractivity contribution is -0.133. The van der Waals surface area contributed by atoms with E-state index < -0.39 is 5.91 Å². The Hall–Kier alpha value is -1.06. The van der Waals surface area contributed by atoms with Crippen LogP contribution in [0.15, 0.2) is 0 Å². The molecule has 2 amide bonds. The van der Waals surface area contributed by atoms with E-state index >= 15 is 0 Å². The molecule has 78 valence electrons. The van der Waals surface area contributed by atoms with E-state index in [0.717, 1.165) is 6.42 Å². The second-order valence-electron chi connectivity index (χ2n) is 2.41. The molecule has 0 aromatic rings. The smallest absolute Gasteiger partial charge is 0.237 e. The van der Waals surface area contributed by atoms with Crippen LogP contribution >= 0.6 is 0 Å². The van der Waals surface area contributed by atoms with Crippen LogP contribution in [0, 0.1) is 0 Å². The van der Waals surface area contributed by atoms with Crippen LogP contribution in [-0.2, 0) is 9.59 Å². The molecule has 0 spiro atoms. The van der Waals surface area contributed by atoms with Crippen molar-refractivity contribution in [2.24, 2.45) is 5.73 Å². The van der Waals surface area contributed by atoms with Gasteiger partial charge in [-0.2, -0.15) is 0 Å². The van der Waals surface area contributed by atoms with E-state index in [1.807, 2.05) is 20.8 Å². The van der Waals surface area contributed by atoms with Gasteiger partial charge < -0.3 is 10.6 Å². The van der Waals surface area contributed by atoms with Crippen molar-refractivity contribution in [2.45, 2.75) is 34.1 Å². The lowest BCUT2D eigenvalue weighted by Crippen LogP contribution is -2.37. The Kier molecular flexibility index (Phi) is 10.0. The molecule has 0 aromatic heterocycles. The van der Waals surface area contributed by atoms with Crippen molar-refractivity contribution < 1.29 is 9.59 Å². The molecule has 0 rings (SSSR count). The first-order valence-corrected chi connectivity index (χ1v) is 4.61. The van der Waals surface area contributed by atoms with Crippen LogP contribution in [0.5, 0.6) is 0 Å². The van der Waals surface area contributed by atoms with Gasteiger partial charge in [-0.1, -0.05) is 20.8 Å². The maximum atomic E-state index is 10.8. The highest BCUT2D eigenvalue weighted by molar-refractivity contribution is 5.82. The van der Waals surface area contributed by atoms with Gasteiger partial charge in [0.05, 0.1) is 6.54 Å². The lowest BCUT2D eigenvalue weighted by atomic mass is 10.4. The maximum Gasteiger partial charge on any atom is 0.237 e. The molecule has 0 atom stereocenters. The van der Waals surface area contributed by atoms with Crippen LogP contribution in [-0.4, -0.2) is 29.8 Å². The highest BCUT2D eigenvalue weighted by Crippen LogP contribution is 1.90. The molecular formula is C9H20N2O2. The van der Waals surface area contributed by atoms with E-state index in [4.69, 9.17) is 5.73 Å². The van der Waals surface area contributed by atoms with Crippen LogP contribution < -0.4 is 5.73 Å². The van der Waals surface area contributed by atoms with E-state index in [9.17, 15) is 9.59 Å². The predicted molar refractivity (Wildman–Crippen MR) is 53.1 cm³/mol. The number of primary amides is 1. The van der Waals surface area contributed by atoms with Gasteiger partial charge in [-0.3, -0.25) is 9.59 Å². The highest BCUT2D eigenvalue weighted by atomic mass is 16.2. The topological polar surface area (TPSA) is 63.4 Å². The quantitative estimate of drug-likeness (QED) is 0.707. The highest BCUT2D eigenvalue weighted by Gasteiger charge is 2.08. The van der Waals surface area contributed by atoms with Crippen molar-refractivity contribution in [2.75, 3.05) is 13.1 Å². The summed E-state index contributed by atoms with van der Waals surface area (Å²) in [5.41, 5.74) is 4.93. The van der Waals surface area contributed by atoms with Crippen LogP contribution in [0.3, 0.4) is 0 Å². The Balaban J connectivity index is 0. The van der Waals surface area contributed by atoms with Gasteiger partial charge in [0.25, 0.3) is 0 Å². The molecule has 0 saturated carbocycles. The molecule has 0 unspecified atom stereocenters. The molecule has 13 heavy (non-hydrogen) atoms. The molecule has 0 aliphatic heterocycles. The predicted octanol–water partition coefficient (Wildman–Crippen LogP) is 0.756. The maximum absolute atomic E-state index is 10.8. The number of hydrogen-bond acceptors (Lipinski definition) is 2. The second kappa shape index (κ2) is 9.03. The van der Waals surface area contributed by atoms with Crippen LogP contribution in [0.4, 0.5) is 0 Å². The Bertz CT molecular complexity index is 158. The lowest BCUT2D eigenvalue weighted by Gasteiger charge is -2.17. The summed E-state index contributed by atoms with van der Waals surface area (Å²) in [5.74, 6) is -0.570. The summed E-state index contributed by atoms with van der Waals surface area (Å²) in [6.07, 6.45) is 0.840. The fourth-order valence-corrected chi connectivity index (χ4v) is 0.806. The first-order valence-electron chi connectivity index (χ1n) is 4.61. The molecule has 0 aromatic carbocycles. The standard InChI is InChI=1S/C7H14N2O2.C2H6/c1-3-4-9(6(2)10)5-7(8)11;1-2/h3-5H2,1-2H3,(H2,8,11);1-2H3. The zero-order chi connectivity index (χ0) is 10.9. The number of rotatable bonds is 4. The summed E-state index contributed by atoms with van der Waals surface area (Å²) in [7, 11) is 0. The van der Waals surface area contributed by atoms with E-state index in [1.165, 1.54) is 11.8 Å². The molecular weight excluding hydrogens is 168 g/mol. The van der Waals surface area contributed by atoms with Crippen molar-refractivity contribution in [3.8, 4) is 0 Å². The number of nitrogens with two attached hydrogens (primary N) is 1. The summed E-state index contributed by atoms with van der Waals surface area (Å²) in [6.45, 7) is 8.00. The molecule has 0 saturated heterocycles. The minimum atomic E-state index is -0.464. The van der Waals surface area contributed by atoms with Crippen molar-refractivity contribution >= 4 is 11.8 Å². The number of hydrogen-bond donors (Lipinski definition) is 1. The normalized spacial score (nSPS) is 8.31. The zero-order valence-corrected chi connectivity index (χ0v) is 8.96. The molecule has 4 heteroatoms. The van der Waals surface area contributed by atoms with Gasteiger partial charge in [-0.05, 0) is 6.42 Å². The largest absolute Gasteiger partial charge is 0.368 e. The van der Waals surface area contributed by atoms with Crippen molar-refractivity contribution in [1.82, 2.24) is 4.90 Å². The summed E-state index contributed by atoms with van der Waals surface area (Å²) >= 11 is 0. The number of carbonyl (C=O) groups is 2. The molecule has 0 aliphatic carbocycles. The van der Waals surface area contributed by atoms with Gasteiger partial charge in [0.2, 0.25) is 11.8 Å². The van der Waals surface area contributed by atoms with E-state index in [0.29, 0.717) is 6.54 Å². The summed E-state index contributed by atoms with van der Waals surface area (Å²) in [5, 5.41) is 0. The fourth-order valence-electron chi connectivity index (χ4n) is 0.806. The van der Waals surface area contributed by atoms with Gasteiger partial charge in [-0.25, -0.2) is 0 Å². The molecule has 4 nitrogen and oxygen atoms in total. The SMILES string of the molecule is CC.CCCN(CC(N)=O)C(C)=O. The zero-order valence-electron chi connectivity index (χ0n) is 8.96. The molecule has 0 bridgehead atoms. The number of nitrogens with zero attached hydrogens (tertiary/aromatic N) is 1. The third-order valence-electron chi connectivity index (χ3n) is 1.29. The Morgan fingerprint density at radius 1 is 1.31 bits per heavy atom. The van der Waals surface area contributed by atoms with Gasteiger partial charge in [0.1, 0.15) is 0 Å². The third-order valence-corrected chi connectivity index (χ3v) is 1.29. The number of amides is 2. The van der Waals surface area contributed by atoms with E-state index in [-0.39, 0.29) is 12.5 Å². The monoisotopic (exact) mass is 188 g/mol. The first-order chi connectivity index (χ1) is 6.07. The van der Waals surface area contributed by atoms with Crippen LogP contribution in [0.25, 0.3) is 0 Å². The fraction of sp³-hybridized carbons (Fsp3) is 0.778. The second-order valence-corrected chi connectivity index (χ2v) is 2.41. The summed E-state index contributed by atoms with van der Waals surface area (Å²) in [4.78, 5) is 22.6. The molecule has 0 aliphatic rings. The van der Waals surface area contributed by atoms with Crippen molar-refractivity contribution in [1.29, 1.82) is 0 Å². The summed E-state index contributed by atoms with van der Waals surface area (Å²) in [6, 6.07) is 0. The molecule has 0 heterocycles. The van der Waals surface area contributed by atoms with Gasteiger partial charge >= 0.3 is 0 Å². The van der Waals surface area contributed by atoms with E-state index in [1.54, 1.807) is 0 Å². The first kappa shape index (κ1) is 14.5. The third kappa shape index (κ3) is 8.85. The average Bonchev–Trinajstić information content (AvgIpc) is 2.06. The Morgan fingerprint density at radius 3 is 2.00 bits per heavy atom. The summed E-state index contributed by atoms with van der Waals surface area (Å²) < 4.78 is 0. The Labute approximate surface area is 80.1 Å². The van der Waals surface area contributed by atoms with Gasteiger partial charge in [0.15, 0.2) is 0 Å². The van der Waals surface area contributed by atoms with Crippen LogP contribution in [0.1, 0.15) is 34.1 Å². The van der Waals surface area contributed by atoms with E-state index in [2.05, 4.69) is 0 Å². The van der Waals surface area contributed by atoms with Crippen molar-refractivity contribution in [3.05, 3.63) is 0 Å². The van der Waals surface area contributed by atoms with Crippen molar-refractivity contribution in [3.63, 3.8) is 0 Å².